The van der Waals surface area contributed by atoms with Crippen molar-refractivity contribution < 1.29 is 19.1 Å². The molecule has 260 valence electrons. The summed E-state index contributed by atoms with van der Waals surface area (Å²) >= 11 is 0. The first-order chi connectivity index (χ1) is 20.9. The van der Waals surface area contributed by atoms with E-state index in [0.717, 1.165) is 25.7 Å². The molecular formula is C40H66N2O4. The van der Waals surface area contributed by atoms with Crippen LogP contribution in [-0.4, -0.2) is 47.2 Å². The van der Waals surface area contributed by atoms with E-state index in [1.165, 1.54) is 36.0 Å². The number of hydrogen-bond acceptors (Lipinski definition) is 5. The van der Waals surface area contributed by atoms with Crippen molar-refractivity contribution in [1.82, 2.24) is 9.88 Å². The van der Waals surface area contributed by atoms with Crippen LogP contribution in [0.25, 0.3) is 5.57 Å². The molecule has 0 aromatic carbocycles. The van der Waals surface area contributed by atoms with Gasteiger partial charge in [0.05, 0.1) is 5.92 Å². The van der Waals surface area contributed by atoms with Gasteiger partial charge in [0.2, 0.25) is 0 Å². The van der Waals surface area contributed by atoms with Crippen molar-refractivity contribution in [2.24, 2.45) is 34.5 Å². The van der Waals surface area contributed by atoms with E-state index in [4.69, 9.17) is 9.47 Å². The Morgan fingerprint density at radius 1 is 1.04 bits per heavy atom. The summed E-state index contributed by atoms with van der Waals surface area (Å²) in [6.07, 6.45) is 17.5. The van der Waals surface area contributed by atoms with Crippen LogP contribution in [0.1, 0.15) is 134 Å². The van der Waals surface area contributed by atoms with Crippen LogP contribution in [-0.2, 0) is 14.3 Å². The zero-order valence-corrected chi connectivity index (χ0v) is 28.9. The van der Waals surface area contributed by atoms with Crippen LogP contribution >= 0.6 is 0 Å². The third kappa shape index (κ3) is 8.08. The summed E-state index contributed by atoms with van der Waals surface area (Å²) in [6, 6.07) is 4.29. The van der Waals surface area contributed by atoms with E-state index < -0.39 is 5.60 Å². The van der Waals surface area contributed by atoms with Gasteiger partial charge in [0.25, 0.3) is 0 Å². The summed E-state index contributed by atoms with van der Waals surface area (Å²) in [5, 5.41) is 0. The predicted molar refractivity (Wildman–Crippen MR) is 191 cm³/mol. The molecule has 0 aliphatic heterocycles. The Morgan fingerprint density at radius 2 is 1.74 bits per heavy atom. The van der Waals surface area contributed by atoms with Crippen molar-refractivity contribution in [1.29, 1.82) is 0 Å². The lowest BCUT2D eigenvalue weighted by Gasteiger charge is -2.58. The molecule has 7 unspecified atom stereocenters. The van der Waals surface area contributed by atoms with Crippen LogP contribution in [0, 0.1) is 34.5 Å². The molecule has 6 nitrogen and oxygen atoms in total. The fourth-order valence-electron chi connectivity index (χ4n) is 8.79. The fraction of sp³-hybridized carbons (Fsp3) is 0.725. The topological polar surface area (TPSA) is 68.7 Å². The molecule has 5 rings (SSSR count). The molecule has 2 fully saturated rings. The minimum absolute atomic E-state index is 0. The van der Waals surface area contributed by atoms with Crippen LogP contribution < -0.4 is 0 Å². The number of esters is 1. The largest absolute Gasteiger partial charge is 0.462 e. The van der Waals surface area contributed by atoms with Gasteiger partial charge in [-0.25, -0.2) is 4.79 Å². The zero-order valence-electron chi connectivity index (χ0n) is 28.9. The molecule has 4 aliphatic rings. The zero-order chi connectivity index (χ0) is 32.3. The highest BCUT2D eigenvalue weighted by Gasteiger charge is 2.57. The predicted octanol–water partition coefficient (Wildman–Crippen LogP) is 10.5. The standard InChI is InChI=1S/C36H52N2O4.C2H6.2CH4/c1-8-24(17-21-38(7)33(40)42-34(2,3)4)32(39)41-27-15-18-35(5)26(22-27)11-12-28-30-14-13-29(25-10-9-20-37-23-25)36(30,6)19-16-31(28)35;1-2;;/h9-11,13,20,23-24,27-28,30-31H,8,12,14-19,21-22H2,1-7H3;1-2H3;2*1H4. The van der Waals surface area contributed by atoms with Gasteiger partial charge < -0.3 is 14.4 Å². The molecule has 1 aromatic heterocycles. The van der Waals surface area contributed by atoms with Crippen molar-refractivity contribution in [3.63, 3.8) is 0 Å². The first kappa shape index (κ1) is 39.5. The molecule has 1 aromatic rings. The molecule has 0 saturated heterocycles. The summed E-state index contributed by atoms with van der Waals surface area (Å²) in [4.78, 5) is 31.6. The number of aromatic nitrogens is 1. The highest BCUT2D eigenvalue weighted by atomic mass is 16.6. The van der Waals surface area contributed by atoms with Crippen LogP contribution in [0.3, 0.4) is 0 Å². The number of carbonyl (C=O) groups is 2. The van der Waals surface area contributed by atoms with Gasteiger partial charge in [0.1, 0.15) is 11.7 Å². The average molecular weight is 639 g/mol. The summed E-state index contributed by atoms with van der Waals surface area (Å²) in [5.74, 6) is 1.74. The van der Waals surface area contributed by atoms with Crippen molar-refractivity contribution in [3.8, 4) is 0 Å². The van der Waals surface area contributed by atoms with Crippen molar-refractivity contribution in [2.75, 3.05) is 13.6 Å². The van der Waals surface area contributed by atoms with Gasteiger partial charge in [-0.3, -0.25) is 9.78 Å². The van der Waals surface area contributed by atoms with Gasteiger partial charge in [-0.2, -0.15) is 0 Å². The van der Waals surface area contributed by atoms with Gasteiger partial charge in [-0.1, -0.05) is 73.3 Å². The van der Waals surface area contributed by atoms with E-state index in [0.29, 0.717) is 37.1 Å². The fourth-order valence-corrected chi connectivity index (χ4v) is 8.79. The SMILES string of the molecule is C.C.CC.CCC(CCN(C)C(=O)OC(C)(C)C)C(=O)OC1CCC2(C)C(=CCC3C2CCC2(C)C(c4cccnc4)=CCC32)C1. The lowest BCUT2D eigenvalue weighted by Crippen LogP contribution is -2.50. The van der Waals surface area contributed by atoms with Crippen LogP contribution in [0.15, 0.2) is 42.3 Å². The maximum atomic E-state index is 13.2. The molecule has 0 N–H and O–H groups in total. The quantitative estimate of drug-likeness (QED) is 0.220. The summed E-state index contributed by atoms with van der Waals surface area (Å²) in [7, 11) is 1.73. The number of ether oxygens (including phenoxy) is 2. The second-order valence-electron chi connectivity index (χ2n) is 14.9. The molecule has 6 heteroatoms. The van der Waals surface area contributed by atoms with E-state index in [1.54, 1.807) is 11.9 Å². The molecular weight excluding hydrogens is 572 g/mol. The number of rotatable bonds is 7. The number of nitrogens with zero attached hydrogens (tertiary/aromatic N) is 2. The van der Waals surface area contributed by atoms with Crippen LogP contribution in [0.4, 0.5) is 4.79 Å². The molecule has 0 spiro atoms. The number of fused-ring (bicyclic) bond motifs is 5. The Labute approximate surface area is 281 Å². The van der Waals surface area contributed by atoms with Gasteiger partial charge in [-0.05, 0) is 118 Å². The number of allylic oxidation sites excluding steroid dienone is 3. The molecule has 0 bridgehead atoms. The first-order valence-corrected chi connectivity index (χ1v) is 17.3. The second-order valence-corrected chi connectivity index (χ2v) is 14.9. The Kier molecular flexibility index (Phi) is 13.7. The molecule has 1 heterocycles. The van der Waals surface area contributed by atoms with E-state index in [1.807, 2.05) is 53.9 Å². The monoisotopic (exact) mass is 639 g/mol. The summed E-state index contributed by atoms with van der Waals surface area (Å²) in [5.41, 5.74) is 4.22. The van der Waals surface area contributed by atoms with E-state index in [9.17, 15) is 9.59 Å². The normalized spacial score (nSPS) is 30.1. The maximum Gasteiger partial charge on any atom is 0.410 e. The van der Waals surface area contributed by atoms with E-state index >= 15 is 0 Å². The number of amides is 1. The number of carbonyl (C=O) groups excluding carboxylic acids is 2. The molecule has 7 atom stereocenters. The molecule has 0 radical (unpaired) electrons. The van der Waals surface area contributed by atoms with E-state index in [-0.39, 0.29) is 49.8 Å². The molecule has 2 saturated carbocycles. The molecule has 1 amide bonds. The van der Waals surface area contributed by atoms with Gasteiger partial charge >= 0.3 is 12.1 Å². The number of hydrogen-bond donors (Lipinski definition) is 0. The maximum absolute atomic E-state index is 13.2. The Balaban J connectivity index is 0.00000181. The second kappa shape index (κ2) is 16.0. The number of pyridine rings is 1. The highest BCUT2D eigenvalue weighted by molar-refractivity contribution is 5.73. The average Bonchev–Trinajstić information content (AvgIpc) is 3.35. The van der Waals surface area contributed by atoms with Crippen molar-refractivity contribution in [2.45, 2.75) is 140 Å². The third-order valence-corrected chi connectivity index (χ3v) is 11.2. The van der Waals surface area contributed by atoms with Crippen molar-refractivity contribution in [3.05, 3.63) is 47.8 Å². The lowest BCUT2D eigenvalue weighted by molar-refractivity contribution is -0.156. The lowest BCUT2D eigenvalue weighted by atomic mass is 9.47. The van der Waals surface area contributed by atoms with Crippen LogP contribution in [0.2, 0.25) is 0 Å². The van der Waals surface area contributed by atoms with Gasteiger partial charge in [-0.15, -0.1) is 0 Å². The third-order valence-electron chi connectivity index (χ3n) is 11.2. The van der Waals surface area contributed by atoms with E-state index in [2.05, 4.69) is 43.1 Å². The van der Waals surface area contributed by atoms with Gasteiger partial charge in [0, 0.05) is 32.4 Å². The minimum Gasteiger partial charge on any atom is -0.462 e. The smallest absolute Gasteiger partial charge is 0.410 e. The minimum atomic E-state index is -0.536. The van der Waals surface area contributed by atoms with Crippen molar-refractivity contribution >= 4 is 17.6 Å². The Bertz CT molecular complexity index is 1220. The summed E-state index contributed by atoms with van der Waals surface area (Å²) in [6.45, 7) is 17.1. The highest BCUT2D eigenvalue weighted by Crippen LogP contribution is 2.66. The molecule has 46 heavy (non-hydrogen) atoms. The Hall–Kier alpha value is -2.63. The van der Waals surface area contributed by atoms with Crippen LogP contribution in [0.5, 0.6) is 0 Å². The Morgan fingerprint density at radius 3 is 2.37 bits per heavy atom. The first-order valence-electron chi connectivity index (χ1n) is 17.3. The molecule has 4 aliphatic carbocycles. The summed E-state index contributed by atoms with van der Waals surface area (Å²) < 4.78 is 11.6. The van der Waals surface area contributed by atoms with Gasteiger partial charge in [0.15, 0.2) is 0 Å².